The Morgan fingerprint density at radius 3 is 2.75 bits per heavy atom. The van der Waals surface area contributed by atoms with E-state index in [4.69, 9.17) is 14.2 Å². The molecule has 1 aromatic carbocycles. The van der Waals surface area contributed by atoms with Gasteiger partial charge in [0.1, 0.15) is 6.73 Å². The van der Waals surface area contributed by atoms with Crippen LogP contribution in [-0.4, -0.2) is 22.8 Å². The first-order chi connectivity index (χ1) is 9.43. The molecule has 5 nitrogen and oxygen atoms in total. The number of benzene rings is 1. The molecule has 1 aromatic heterocycles. The number of rotatable bonds is 5. The molecule has 0 amide bonds. The molecule has 1 saturated heterocycles. The third kappa shape index (κ3) is 3.72. The molecule has 0 unspecified atom stereocenters. The van der Waals surface area contributed by atoms with Crippen molar-refractivity contribution in [1.29, 1.82) is 0 Å². The minimum absolute atomic E-state index is 0. The molecular formula is C14H15LiN2O3. The van der Waals surface area contributed by atoms with Gasteiger partial charge in [0.15, 0.2) is 6.29 Å². The van der Waals surface area contributed by atoms with E-state index in [0.717, 1.165) is 11.3 Å². The van der Waals surface area contributed by atoms with Crippen LogP contribution < -0.4 is 18.9 Å². The van der Waals surface area contributed by atoms with Crippen molar-refractivity contribution in [3.05, 3.63) is 54.1 Å². The van der Waals surface area contributed by atoms with Gasteiger partial charge in [0.05, 0.1) is 19.8 Å². The second-order valence-corrected chi connectivity index (χ2v) is 4.25. The van der Waals surface area contributed by atoms with E-state index in [-0.39, 0.29) is 25.2 Å². The number of ether oxygens (including phenoxy) is 3. The Labute approximate surface area is 130 Å². The van der Waals surface area contributed by atoms with Crippen molar-refractivity contribution < 1.29 is 33.1 Å². The molecule has 1 fully saturated rings. The van der Waals surface area contributed by atoms with Crippen LogP contribution in [0.3, 0.4) is 0 Å². The summed E-state index contributed by atoms with van der Waals surface area (Å²) in [6.45, 7) is 2.18. The zero-order valence-electron chi connectivity index (χ0n) is 11.5. The van der Waals surface area contributed by atoms with E-state index in [1.807, 2.05) is 34.9 Å². The second-order valence-electron chi connectivity index (χ2n) is 4.25. The Hall–Kier alpha value is -1.09. The summed E-state index contributed by atoms with van der Waals surface area (Å²) in [5.74, 6) is 0. The van der Waals surface area contributed by atoms with Crippen LogP contribution in [0.1, 0.15) is 17.5 Å². The van der Waals surface area contributed by atoms with Crippen LogP contribution >= 0.6 is 0 Å². The van der Waals surface area contributed by atoms with Gasteiger partial charge >= 0.3 is 18.9 Å². The molecule has 0 N–H and O–H groups in total. The van der Waals surface area contributed by atoms with Gasteiger partial charge in [-0.15, -0.1) is 6.20 Å². The first kappa shape index (κ1) is 15.3. The van der Waals surface area contributed by atoms with Gasteiger partial charge in [0.2, 0.25) is 0 Å². The van der Waals surface area contributed by atoms with Gasteiger partial charge in [-0.3, -0.25) is 0 Å². The molecule has 1 aliphatic heterocycles. The molecule has 6 heteroatoms. The summed E-state index contributed by atoms with van der Waals surface area (Å²) in [4.78, 5) is 3.99. The predicted octanol–water partition coefficient (Wildman–Crippen LogP) is -1.09. The maximum Gasteiger partial charge on any atom is 1.00 e. The van der Waals surface area contributed by atoms with Gasteiger partial charge in [0, 0.05) is 0 Å². The number of imidazole rings is 1. The van der Waals surface area contributed by atoms with Crippen molar-refractivity contribution in [3.8, 4) is 0 Å². The third-order valence-corrected chi connectivity index (χ3v) is 2.87. The molecule has 2 heterocycles. The fourth-order valence-corrected chi connectivity index (χ4v) is 1.93. The van der Waals surface area contributed by atoms with Crippen LogP contribution in [-0.2, 0) is 27.5 Å². The third-order valence-electron chi connectivity index (χ3n) is 2.87. The summed E-state index contributed by atoms with van der Waals surface area (Å²) in [6.07, 6.45) is 4.18. The molecule has 0 atom stereocenters. The van der Waals surface area contributed by atoms with Gasteiger partial charge in [-0.25, -0.2) is 0 Å². The van der Waals surface area contributed by atoms with Crippen LogP contribution in [0.2, 0.25) is 0 Å². The van der Waals surface area contributed by atoms with Gasteiger partial charge < -0.3 is 23.8 Å². The van der Waals surface area contributed by atoms with Gasteiger partial charge in [-0.05, 0) is 11.3 Å². The minimum atomic E-state index is -0.372. The Balaban J connectivity index is 0.00000147. The molecule has 0 bridgehead atoms. The Morgan fingerprint density at radius 1 is 1.25 bits per heavy atom. The number of hydrogen-bond donors (Lipinski definition) is 0. The Morgan fingerprint density at radius 2 is 2.00 bits per heavy atom. The van der Waals surface area contributed by atoms with E-state index in [0.29, 0.717) is 26.6 Å². The van der Waals surface area contributed by atoms with E-state index < -0.39 is 0 Å². The number of nitrogens with zero attached hydrogens (tertiary/aromatic N) is 2. The van der Waals surface area contributed by atoms with Crippen molar-refractivity contribution in [2.24, 2.45) is 0 Å². The minimum Gasteiger partial charge on any atom is -0.442 e. The summed E-state index contributed by atoms with van der Waals surface area (Å²) in [5.41, 5.74) is 1.91. The van der Waals surface area contributed by atoms with Crippen LogP contribution in [0.15, 0.2) is 36.7 Å². The van der Waals surface area contributed by atoms with Crippen molar-refractivity contribution in [1.82, 2.24) is 9.55 Å². The van der Waals surface area contributed by atoms with Gasteiger partial charge in [0.25, 0.3) is 0 Å². The van der Waals surface area contributed by atoms with Crippen LogP contribution in [0, 0.1) is 6.20 Å². The monoisotopic (exact) mass is 266 g/mol. The summed E-state index contributed by atoms with van der Waals surface area (Å²) in [5, 5.41) is 0. The standard InChI is InChI=1S/C14H15N2O3.Li/c1-2-4-12(5-3-1)9-17-11-16-10-15-8-13(16)14-18-6-7-19-14;/h1-5,10,14H,6-7,9,11H2;/q-1;+1. The van der Waals surface area contributed by atoms with E-state index in [9.17, 15) is 0 Å². The van der Waals surface area contributed by atoms with Gasteiger partial charge in [-0.1, -0.05) is 36.7 Å². The molecule has 0 saturated carbocycles. The molecule has 0 aliphatic carbocycles. The van der Waals surface area contributed by atoms with Crippen molar-refractivity contribution in [2.75, 3.05) is 13.2 Å². The summed E-state index contributed by atoms with van der Waals surface area (Å²) < 4.78 is 18.4. The summed E-state index contributed by atoms with van der Waals surface area (Å²) in [7, 11) is 0. The molecule has 2 aromatic rings. The van der Waals surface area contributed by atoms with Crippen LogP contribution in [0.4, 0.5) is 0 Å². The van der Waals surface area contributed by atoms with Crippen LogP contribution in [0.25, 0.3) is 0 Å². The molecule has 3 rings (SSSR count). The number of aromatic nitrogens is 2. The van der Waals surface area contributed by atoms with Crippen LogP contribution in [0.5, 0.6) is 0 Å². The van der Waals surface area contributed by atoms with E-state index in [2.05, 4.69) is 11.2 Å². The van der Waals surface area contributed by atoms with E-state index in [1.54, 1.807) is 6.33 Å². The second kappa shape index (κ2) is 7.63. The number of hydrogen-bond acceptors (Lipinski definition) is 4. The molecule has 0 spiro atoms. The first-order valence-corrected chi connectivity index (χ1v) is 6.21. The van der Waals surface area contributed by atoms with Crippen molar-refractivity contribution in [2.45, 2.75) is 19.6 Å². The first-order valence-electron chi connectivity index (χ1n) is 6.21. The Bertz CT molecular complexity index is 512. The zero-order valence-corrected chi connectivity index (χ0v) is 11.5. The van der Waals surface area contributed by atoms with Gasteiger partial charge in [-0.2, -0.15) is 0 Å². The molecule has 20 heavy (non-hydrogen) atoms. The van der Waals surface area contributed by atoms with E-state index in [1.165, 1.54) is 0 Å². The fraction of sp³-hybridized carbons (Fsp3) is 0.357. The van der Waals surface area contributed by atoms with E-state index >= 15 is 0 Å². The molecular weight excluding hydrogens is 251 g/mol. The van der Waals surface area contributed by atoms with Crippen molar-refractivity contribution in [3.63, 3.8) is 0 Å². The van der Waals surface area contributed by atoms with Crippen molar-refractivity contribution >= 4 is 0 Å². The SMILES string of the molecule is [Li+].[c-]1ncn(COCc2ccccc2)c1C1OCCO1. The summed E-state index contributed by atoms with van der Waals surface area (Å²) >= 11 is 0. The normalized spacial score (nSPS) is 15.2. The molecule has 100 valence electrons. The maximum atomic E-state index is 5.66. The largest absolute Gasteiger partial charge is 1.00 e. The molecule has 0 radical (unpaired) electrons. The fourth-order valence-electron chi connectivity index (χ4n) is 1.93. The zero-order chi connectivity index (χ0) is 12.9. The molecule has 1 aliphatic rings. The predicted molar refractivity (Wildman–Crippen MR) is 66.9 cm³/mol. The summed E-state index contributed by atoms with van der Waals surface area (Å²) in [6, 6.07) is 10.0. The topological polar surface area (TPSA) is 45.5 Å². The average molecular weight is 266 g/mol. The quantitative estimate of drug-likeness (QED) is 0.509. The smallest absolute Gasteiger partial charge is 0.442 e. The Kier molecular flexibility index (Phi) is 5.83. The maximum absolute atomic E-state index is 5.66. The average Bonchev–Trinajstić information content (AvgIpc) is 3.10.